The Labute approximate surface area is 177 Å². The molecule has 1 saturated carbocycles. The number of hydrogen-bond acceptors (Lipinski definition) is 7. The molecule has 0 atom stereocenters. The van der Waals surface area contributed by atoms with Crippen molar-refractivity contribution < 1.29 is 27.9 Å². The van der Waals surface area contributed by atoms with Crippen LogP contribution in [0.5, 0.6) is 0 Å². The van der Waals surface area contributed by atoms with Gasteiger partial charge in [-0.15, -0.1) is 0 Å². The summed E-state index contributed by atoms with van der Waals surface area (Å²) >= 11 is 0. The molecule has 2 rings (SSSR count). The van der Waals surface area contributed by atoms with E-state index in [0.29, 0.717) is 0 Å². The lowest BCUT2D eigenvalue weighted by Gasteiger charge is -2.30. The lowest BCUT2D eigenvalue weighted by atomic mass is 9.96. The SMILES string of the molecule is CC(=N)/C(C(C)=O)=C(/O)COC(=O)c1ccc(S(=O)(=O)N(C)C2CCCCC2)cc1. The summed E-state index contributed by atoms with van der Waals surface area (Å²) in [6.07, 6.45) is 4.83. The molecule has 0 aliphatic heterocycles. The van der Waals surface area contributed by atoms with Crippen LogP contribution in [0.15, 0.2) is 40.5 Å². The van der Waals surface area contributed by atoms with Crippen LogP contribution in [-0.2, 0) is 19.6 Å². The molecule has 1 aliphatic rings. The minimum atomic E-state index is -3.66. The fourth-order valence-corrected chi connectivity index (χ4v) is 4.96. The third kappa shape index (κ3) is 5.54. The van der Waals surface area contributed by atoms with Crippen molar-refractivity contribution in [1.29, 1.82) is 5.41 Å². The smallest absolute Gasteiger partial charge is 0.338 e. The molecule has 1 aromatic rings. The van der Waals surface area contributed by atoms with E-state index in [-0.39, 0.29) is 27.8 Å². The first-order chi connectivity index (χ1) is 14.1. The predicted molar refractivity (Wildman–Crippen MR) is 112 cm³/mol. The number of benzene rings is 1. The average Bonchev–Trinajstić information content (AvgIpc) is 2.71. The molecule has 0 unspecified atom stereocenters. The molecular weight excluding hydrogens is 408 g/mol. The number of esters is 1. The molecule has 8 nitrogen and oxygen atoms in total. The second-order valence-corrected chi connectivity index (χ2v) is 9.41. The van der Waals surface area contributed by atoms with Gasteiger partial charge < -0.3 is 15.3 Å². The zero-order chi connectivity index (χ0) is 22.5. The van der Waals surface area contributed by atoms with Crippen molar-refractivity contribution in [2.24, 2.45) is 0 Å². The second kappa shape index (κ2) is 9.99. The number of aliphatic hydroxyl groups excluding tert-OH is 1. The first-order valence-corrected chi connectivity index (χ1v) is 11.2. The Morgan fingerprint density at radius 2 is 1.70 bits per heavy atom. The Kier molecular flexibility index (Phi) is 7.91. The van der Waals surface area contributed by atoms with Crippen LogP contribution in [0.4, 0.5) is 0 Å². The van der Waals surface area contributed by atoms with Crippen LogP contribution >= 0.6 is 0 Å². The van der Waals surface area contributed by atoms with Crippen molar-refractivity contribution in [2.75, 3.05) is 13.7 Å². The summed E-state index contributed by atoms with van der Waals surface area (Å²) < 4.78 is 32.1. The summed E-state index contributed by atoms with van der Waals surface area (Å²) in [5, 5.41) is 17.5. The van der Waals surface area contributed by atoms with E-state index in [1.165, 1.54) is 42.4 Å². The van der Waals surface area contributed by atoms with Crippen LogP contribution < -0.4 is 0 Å². The van der Waals surface area contributed by atoms with Crippen molar-refractivity contribution in [3.05, 3.63) is 41.2 Å². The number of nitrogens with one attached hydrogen (secondary N) is 1. The molecule has 0 radical (unpaired) electrons. The number of ketones is 1. The topological polar surface area (TPSA) is 125 Å². The third-order valence-corrected chi connectivity index (χ3v) is 7.14. The van der Waals surface area contributed by atoms with Gasteiger partial charge in [-0.3, -0.25) is 4.79 Å². The van der Waals surface area contributed by atoms with Gasteiger partial charge in [-0.2, -0.15) is 4.31 Å². The van der Waals surface area contributed by atoms with Gasteiger partial charge in [0.2, 0.25) is 10.0 Å². The molecule has 30 heavy (non-hydrogen) atoms. The lowest BCUT2D eigenvalue weighted by Crippen LogP contribution is -2.38. The molecular formula is C21H28N2O6S. The van der Waals surface area contributed by atoms with Gasteiger partial charge in [0.25, 0.3) is 0 Å². The Morgan fingerprint density at radius 3 is 2.20 bits per heavy atom. The number of hydrogen-bond donors (Lipinski definition) is 2. The van der Waals surface area contributed by atoms with Crippen LogP contribution in [0.25, 0.3) is 0 Å². The van der Waals surface area contributed by atoms with E-state index >= 15 is 0 Å². The molecule has 0 saturated heterocycles. The molecule has 164 valence electrons. The summed E-state index contributed by atoms with van der Waals surface area (Å²) in [6.45, 7) is 1.99. The van der Waals surface area contributed by atoms with Gasteiger partial charge in [-0.25, -0.2) is 13.2 Å². The van der Waals surface area contributed by atoms with E-state index in [1.807, 2.05) is 0 Å². The van der Waals surface area contributed by atoms with Crippen LogP contribution in [0.2, 0.25) is 0 Å². The first-order valence-electron chi connectivity index (χ1n) is 9.79. The molecule has 0 heterocycles. The Bertz CT molecular complexity index is 928. The van der Waals surface area contributed by atoms with Gasteiger partial charge in [-0.05, 0) is 51.0 Å². The normalized spacial score (nSPS) is 16.1. The summed E-state index contributed by atoms with van der Waals surface area (Å²) in [5.41, 5.74) is -0.222. The number of Topliss-reactive ketones (excluding diaryl/α,β-unsaturated/α-hetero) is 1. The quantitative estimate of drug-likeness (QED) is 0.279. The van der Waals surface area contributed by atoms with Gasteiger partial charge in [-0.1, -0.05) is 19.3 Å². The number of allylic oxidation sites excluding steroid dienone is 1. The number of nitrogens with zero attached hydrogens (tertiary/aromatic N) is 1. The zero-order valence-corrected chi connectivity index (χ0v) is 18.3. The molecule has 2 N–H and O–H groups in total. The van der Waals surface area contributed by atoms with E-state index < -0.39 is 34.1 Å². The van der Waals surface area contributed by atoms with E-state index in [4.69, 9.17) is 10.1 Å². The van der Waals surface area contributed by atoms with E-state index in [2.05, 4.69) is 0 Å². The van der Waals surface area contributed by atoms with Crippen LogP contribution in [0, 0.1) is 5.41 Å². The summed E-state index contributed by atoms with van der Waals surface area (Å²) in [5.74, 6) is -1.79. The van der Waals surface area contributed by atoms with Crippen molar-refractivity contribution in [1.82, 2.24) is 4.31 Å². The maximum atomic E-state index is 12.8. The van der Waals surface area contributed by atoms with E-state index in [0.717, 1.165) is 32.1 Å². The van der Waals surface area contributed by atoms with Crippen molar-refractivity contribution >= 4 is 27.5 Å². The molecule has 1 aromatic carbocycles. The van der Waals surface area contributed by atoms with E-state index in [9.17, 15) is 23.1 Å². The number of carbonyl (C=O) groups excluding carboxylic acids is 2. The summed E-state index contributed by atoms with van der Waals surface area (Å²) in [4.78, 5) is 23.8. The molecule has 0 bridgehead atoms. The van der Waals surface area contributed by atoms with Crippen molar-refractivity contribution in [3.63, 3.8) is 0 Å². The number of aliphatic hydroxyl groups is 1. The molecule has 9 heteroatoms. The lowest BCUT2D eigenvalue weighted by molar-refractivity contribution is -0.113. The largest absolute Gasteiger partial charge is 0.508 e. The van der Waals surface area contributed by atoms with Crippen LogP contribution in [-0.4, -0.2) is 55.0 Å². The number of ether oxygens (including phenoxy) is 1. The summed E-state index contributed by atoms with van der Waals surface area (Å²) in [7, 11) is -2.08. The van der Waals surface area contributed by atoms with Gasteiger partial charge >= 0.3 is 5.97 Å². The Morgan fingerprint density at radius 1 is 1.13 bits per heavy atom. The number of carbonyl (C=O) groups is 2. The fourth-order valence-electron chi connectivity index (χ4n) is 3.54. The highest BCUT2D eigenvalue weighted by Crippen LogP contribution is 2.26. The van der Waals surface area contributed by atoms with Gasteiger partial charge in [0, 0.05) is 18.8 Å². The minimum absolute atomic E-state index is 0.0177. The van der Waals surface area contributed by atoms with Gasteiger partial charge in [0.15, 0.2) is 5.78 Å². The monoisotopic (exact) mass is 436 g/mol. The molecule has 0 aromatic heterocycles. The second-order valence-electron chi connectivity index (χ2n) is 7.42. The standard InChI is InChI=1S/C21H28N2O6S/c1-14(22)20(15(2)24)19(25)13-29-21(26)16-9-11-18(12-10-16)30(27,28)23(3)17-7-5-4-6-8-17/h9-12,17,22,25H,4-8,13H2,1-3H3/b20-19-,22-14?. The maximum absolute atomic E-state index is 12.8. The highest BCUT2D eigenvalue weighted by molar-refractivity contribution is 7.89. The third-order valence-electron chi connectivity index (χ3n) is 5.21. The highest BCUT2D eigenvalue weighted by atomic mass is 32.2. The average molecular weight is 437 g/mol. The van der Waals surface area contributed by atoms with Gasteiger partial charge in [0.05, 0.1) is 16.0 Å². The van der Waals surface area contributed by atoms with Crippen LogP contribution in [0.3, 0.4) is 0 Å². The van der Waals surface area contributed by atoms with Crippen LogP contribution in [0.1, 0.15) is 56.3 Å². The minimum Gasteiger partial charge on any atom is -0.508 e. The molecule has 1 fully saturated rings. The Hall–Kier alpha value is -2.52. The molecule has 0 spiro atoms. The molecule has 0 amide bonds. The predicted octanol–water partition coefficient (Wildman–Crippen LogP) is 3.24. The van der Waals surface area contributed by atoms with Crippen molar-refractivity contribution in [2.45, 2.75) is 56.9 Å². The zero-order valence-electron chi connectivity index (χ0n) is 17.5. The fraction of sp³-hybridized carbons (Fsp3) is 0.476. The van der Waals surface area contributed by atoms with E-state index in [1.54, 1.807) is 7.05 Å². The Balaban J connectivity index is 2.09. The maximum Gasteiger partial charge on any atom is 0.338 e. The number of rotatable bonds is 8. The summed E-state index contributed by atoms with van der Waals surface area (Å²) in [6, 6.07) is 5.38. The first kappa shape index (κ1) is 23.8. The van der Waals surface area contributed by atoms with Crippen molar-refractivity contribution in [3.8, 4) is 0 Å². The highest BCUT2D eigenvalue weighted by Gasteiger charge is 2.29. The molecule has 1 aliphatic carbocycles. The number of sulfonamides is 1. The van der Waals surface area contributed by atoms with Gasteiger partial charge in [0.1, 0.15) is 12.4 Å².